The van der Waals surface area contributed by atoms with Crippen LogP contribution in [0.25, 0.3) is 5.69 Å². The van der Waals surface area contributed by atoms with E-state index in [1.54, 1.807) is 30.2 Å². The van der Waals surface area contributed by atoms with E-state index in [1.165, 1.54) is 0 Å². The molecule has 4 aromatic rings. The molecule has 0 aliphatic rings. The van der Waals surface area contributed by atoms with Gasteiger partial charge in [-0.25, -0.2) is 4.98 Å². The lowest BCUT2D eigenvalue weighted by atomic mass is 10.3. The molecule has 0 saturated heterocycles. The second kappa shape index (κ2) is 8.90. The minimum absolute atomic E-state index is 0.311. The first-order chi connectivity index (χ1) is 13.8. The number of thioether (sulfide) groups is 1. The zero-order chi connectivity index (χ0) is 19.2. The predicted molar refractivity (Wildman–Crippen MR) is 110 cm³/mol. The molecule has 0 N–H and O–H groups in total. The zero-order valence-electron chi connectivity index (χ0n) is 15.2. The second-order valence-corrected chi connectivity index (χ2v) is 7.46. The molecule has 0 fully saturated rings. The topological polar surface area (TPSA) is 62.1 Å². The van der Waals surface area contributed by atoms with Crippen molar-refractivity contribution in [2.24, 2.45) is 0 Å². The van der Waals surface area contributed by atoms with E-state index in [-0.39, 0.29) is 0 Å². The maximum Gasteiger partial charge on any atom is 0.196 e. The number of aromatic nitrogens is 4. The normalized spacial score (nSPS) is 10.8. The van der Waals surface area contributed by atoms with Crippen molar-refractivity contribution in [2.75, 3.05) is 7.11 Å². The van der Waals surface area contributed by atoms with Crippen LogP contribution >= 0.6 is 23.1 Å². The quantitative estimate of drug-likeness (QED) is 0.396. The van der Waals surface area contributed by atoms with Gasteiger partial charge in [0.25, 0.3) is 0 Å². The molecule has 2 aromatic carbocycles. The average Bonchev–Trinajstić information content (AvgIpc) is 3.41. The van der Waals surface area contributed by atoms with Gasteiger partial charge in [-0.2, -0.15) is 0 Å². The molecule has 142 valence electrons. The van der Waals surface area contributed by atoms with Crippen LogP contribution in [0.5, 0.6) is 11.5 Å². The highest BCUT2D eigenvalue weighted by molar-refractivity contribution is 7.98. The van der Waals surface area contributed by atoms with E-state index < -0.39 is 0 Å². The van der Waals surface area contributed by atoms with Crippen LogP contribution in [0.1, 0.15) is 11.5 Å². The molecule has 0 amide bonds. The molecule has 2 heterocycles. The highest BCUT2D eigenvalue weighted by Crippen LogP contribution is 2.26. The van der Waals surface area contributed by atoms with E-state index in [2.05, 4.69) is 15.2 Å². The highest BCUT2D eigenvalue weighted by Gasteiger charge is 2.15. The van der Waals surface area contributed by atoms with Crippen LogP contribution in [-0.4, -0.2) is 26.9 Å². The van der Waals surface area contributed by atoms with Crippen molar-refractivity contribution in [1.29, 1.82) is 0 Å². The summed E-state index contributed by atoms with van der Waals surface area (Å²) in [5.74, 6) is 3.02. The summed E-state index contributed by atoms with van der Waals surface area (Å²) in [5.41, 5.74) is 3.88. The molecular formula is C20H18N4O2S2. The summed E-state index contributed by atoms with van der Waals surface area (Å²) in [4.78, 5) is 4.34. The third-order valence-electron chi connectivity index (χ3n) is 3.97. The number of methoxy groups -OCH3 is 1. The lowest BCUT2D eigenvalue weighted by Gasteiger charge is -2.11. The van der Waals surface area contributed by atoms with Gasteiger partial charge in [-0.1, -0.05) is 30.0 Å². The third kappa shape index (κ3) is 4.35. The minimum Gasteiger partial charge on any atom is -0.497 e. The number of thiazole rings is 1. The lowest BCUT2D eigenvalue weighted by molar-refractivity contribution is 0.292. The fraction of sp³-hybridized carbons (Fsp3) is 0.150. The molecule has 0 radical (unpaired) electrons. The Bertz CT molecular complexity index is 1000. The van der Waals surface area contributed by atoms with Crippen LogP contribution in [0.4, 0.5) is 0 Å². The van der Waals surface area contributed by atoms with Gasteiger partial charge in [-0.05, 0) is 36.4 Å². The van der Waals surface area contributed by atoms with E-state index in [1.807, 2.05) is 70.1 Å². The van der Waals surface area contributed by atoms with Crippen LogP contribution in [0.3, 0.4) is 0 Å². The average molecular weight is 411 g/mol. The molecule has 28 heavy (non-hydrogen) atoms. The van der Waals surface area contributed by atoms with E-state index in [0.29, 0.717) is 6.61 Å². The standard InChI is InChI=1S/C20H18N4O2S2/c1-25-17-7-9-18(10-8-17)26-11-19-22-23-20(28-13-15-12-27-14-21-15)24(19)16-5-3-2-4-6-16/h2-10,12,14H,11,13H2,1H3. The molecule has 4 rings (SSSR count). The Labute approximate surface area is 171 Å². The van der Waals surface area contributed by atoms with Gasteiger partial charge in [0.2, 0.25) is 0 Å². The monoisotopic (exact) mass is 410 g/mol. The van der Waals surface area contributed by atoms with Gasteiger partial charge in [-0.3, -0.25) is 4.57 Å². The molecule has 0 saturated carbocycles. The molecule has 2 aromatic heterocycles. The largest absolute Gasteiger partial charge is 0.497 e. The summed E-state index contributed by atoms with van der Waals surface area (Å²) >= 11 is 3.20. The summed E-state index contributed by atoms with van der Waals surface area (Å²) in [6, 6.07) is 17.5. The lowest BCUT2D eigenvalue weighted by Crippen LogP contribution is -2.06. The van der Waals surface area contributed by atoms with E-state index in [9.17, 15) is 0 Å². The van der Waals surface area contributed by atoms with Crippen LogP contribution in [0, 0.1) is 0 Å². The summed E-state index contributed by atoms with van der Waals surface area (Å²) in [7, 11) is 1.64. The van der Waals surface area contributed by atoms with Crippen molar-refractivity contribution in [3.63, 3.8) is 0 Å². The van der Waals surface area contributed by atoms with Crippen molar-refractivity contribution in [3.05, 3.63) is 77.0 Å². The maximum atomic E-state index is 5.92. The predicted octanol–water partition coefficient (Wildman–Crippen LogP) is 4.60. The van der Waals surface area contributed by atoms with Gasteiger partial charge in [0.05, 0.1) is 18.3 Å². The van der Waals surface area contributed by atoms with E-state index >= 15 is 0 Å². The zero-order valence-corrected chi connectivity index (χ0v) is 16.8. The molecule has 0 aliphatic carbocycles. The summed E-state index contributed by atoms with van der Waals surface area (Å²) in [6.45, 7) is 0.311. The molecule has 0 atom stereocenters. The molecule has 0 aliphatic heterocycles. The number of hydrogen-bond donors (Lipinski definition) is 0. The van der Waals surface area contributed by atoms with Crippen molar-refractivity contribution < 1.29 is 9.47 Å². The Morgan fingerprint density at radius 3 is 2.50 bits per heavy atom. The summed E-state index contributed by atoms with van der Waals surface area (Å²) in [6.07, 6.45) is 0. The minimum atomic E-state index is 0.311. The van der Waals surface area contributed by atoms with Crippen molar-refractivity contribution in [2.45, 2.75) is 17.5 Å². The first-order valence-corrected chi connectivity index (χ1v) is 10.5. The van der Waals surface area contributed by atoms with Gasteiger partial charge in [-0.15, -0.1) is 21.5 Å². The Morgan fingerprint density at radius 1 is 1.00 bits per heavy atom. The van der Waals surface area contributed by atoms with Crippen LogP contribution in [0.2, 0.25) is 0 Å². The maximum absolute atomic E-state index is 5.92. The second-order valence-electron chi connectivity index (χ2n) is 5.80. The number of para-hydroxylation sites is 1. The summed E-state index contributed by atoms with van der Waals surface area (Å²) in [5, 5.41) is 11.6. The number of benzene rings is 2. The smallest absolute Gasteiger partial charge is 0.196 e. The van der Waals surface area contributed by atoms with Crippen LogP contribution in [-0.2, 0) is 12.4 Å². The molecular weight excluding hydrogens is 392 g/mol. The fourth-order valence-corrected chi connectivity index (χ4v) is 4.13. The highest BCUT2D eigenvalue weighted by atomic mass is 32.2. The Morgan fingerprint density at radius 2 is 1.79 bits per heavy atom. The summed E-state index contributed by atoms with van der Waals surface area (Å²) < 4.78 is 13.1. The molecule has 0 bridgehead atoms. The molecule has 8 heteroatoms. The van der Waals surface area contributed by atoms with Crippen molar-refractivity contribution in [3.8, 4) is 17.2 Å². The van der Waals surface area contributed by atoms with Crippen LogP contribution < -0.4 is 9.47 Å². The van der Waals surface area contributed by atoms with Gasteiger partial charge >= 0.3 is 0 Å². The first kappa shape index (κ1) is 18.5. The van der Waals surface area contributed by atoms with E-state index in [0.717, 1.165) is 39.6 Å². The number of nitrogens with zero attached hydrogens (tertiary/aromatic N) is 4. The number of rotatable bonds is 8. The fourth-order valence-electron chi connectivity index (χ4n) is 2.59. The number of ether oxygens (including phenoxy) is 2. The molecule has 0 spiro atoms. The van der Waals surface area contributed by atoms with Crippen LogP contribution in [0.15, 0.2) is 70.6 Å². The SMILES string of the molecule is COc1ccc(OCc2nnc(SCc3cscn3)n2-c2ccccc2)cc1. The number of hydrogen-bond acceptors (Lipinski definition) is 7. The van der Waals surface area contributed by atoms with Gasteiger partial charge < -0.3 is 9.47 Å². The van der Waals surface area contributed by atoms with Gasteiger partial charge in [0.1, 0.15) is 18.1 Å². The third-order valence-corrected chi connectivity index (χ3v) is 5.57. The molecule has 0 unspecified atom stereocenters. The van der Waals surface area contributed by atoms with Gasteiger partial charge in [0, 0.05) is 16.8 Å². The Hall–Kier alpha value is -2.84. The first-order valence-electron chi connectivity index (χ1n) is 8.60. The van der Waals surface area contributed by atoms with Gasteiger partial charge in [0.15, 0.2) is 11.0 Å². The Kier molecular flexibility index (Phi) is 5.89. The molecule has 6 nitrogen and oxygen atoms in total. The Balaban J connectivity index is 1.55. The van der Waals surface area contributed by atoms with Crippen molar-refractivity contribution >= 4 is 23.1 Å². The van der Waals surface area contributed by atoms with Crippen molar-refractivity contribution in [1.82, 2.24) is 19.7 Å². The van der Waals surface area contributed by atoms with E-state index in [4.69, 9.17) is 9.47 Å².